The molecule has 3 rings (SSSR count). The van der Waals surface area contributed by atoms with Crippen molar-refractivity contribution in [3.8, 4) is 11.5 Å². The molecule has 0 saturated heterocycles. The van der Waals surface area contributed by atoms with Gasteiger partial charge in [0.1, 0.15) is 12.6 Å². The van der Waals surface area contributed by atoms with E-state index in [1.54, 1.807) is 49.4 Å². The van der Waals surface area contributed by atoms with Crippen LogP contribution in [0.25, 0.3) is 0 Å². The number of nitrogens with zero attached hydrogens (tertiary/aromatic N) is 2. The molecule has 0 saturated carbocycles. The van der Waals surface area contributed by atoms with Crippen LogP contribution in [0.5, 0.6) is 11.5 Å². The predicted molar refractivity (Wildman–Crippen MR) is 156 cm³/mol. The zero-order chi connectivity index (χ0) is 29.4. The maximum Gasteiger partial charge on any atom is 0.264 e. The SMILES string of the molecule is CCC(C(=O)NC)N(Cc1ccc(Cl)c(Cl)c1)C(=O)CN(c1ccc(OC)c(OC)c1)S(=O)(=O)c1ccccc1. The minimum Gasteiger partial charge on any atom is -0.493 e. The summed E-state index contributed by atoms with van der Waals surface area (Å²) in [4.78, 5) is 28.1. The van der Waals surface area contributed by atoms with Gasteiger partial charge in [-0.05, 0) is 48.4 Å². The summed E-state index contributed by atoms with van der Waals surface area (Å²) in [7, 11) is 0.144. The number of amides is 2. The Kier molecular flexibility index (Phi) is 10.7. The second kappa shape index (κ2) is 13.7. The Morgan fingerprint density at radius 3 is 2.17 bits per heavy atom. The Labute approximate surface area is 244 Å². The molecule has 0 aliphatic carbocycles. The van der Waals surface area contributed by atoms with Crippen molar-refractivity contribution >= 4 is 50.7 Å². The van der Waals surface area contributed by atoms with Gasteiger partial charge in [0, 0.05) is 19.7 Å². The van der Waals surface area contributed by atoms with Crippen molar-refractivity contribution in [1.82, 2.24) is 10.2 Å². The number of halogens is 2. The molecule has 0 aromatic heterocycles. The van der Waals surface area contributed by atoms with Crippen LogP contribution in [0.15, 0.2) is 71.6 Å². The summed E-state index contributed by atoms with van der Waals surface area (Å²) in [5, 5.41) is 3.22. The highest BCUT2D eigenvalue weighted by Crippen LogP contribution is 2.34. The summed E-state index contributed by atoms with van der Waals surface area (Å²) in [5.41, 5.74) is 0.797. The summed E-state index contributed by atoms with van der Waals surface area (Å²) >= 11 is 12.3. The summed E-state index contributed by atoms with van der Waals surface area (Å²) in [6.45, 7) is 1.16. The first-order valence-electron chi connectivity index (χ1n) is 12.3. The van der Waals surface area contributed by atoms with Crippen LogP contribution < -0.4 is 19.1 Å². The van der Waals surface area contributed by atoms with Crippen molar-refractivity contribution in [2.45, 2.75) is 30.8 Å². The maximum absolute atomic E-state index is 14.0. The van der Waals surface area contributed by atoms with Gasteiger partial charge in [-0.15, -0.1) is 0 Å². The highest BCUT2D eigenvalue weighted by atomic mass is 35.5. The molecule has 0 radical (unpaired) electrons. The number of likely N-dealkylation sites (N-methyl/N-ethyl adjacent to an activating group) is 1. The van der Waals surface area contributed by atoms with Crippen LogP contribution in [-0.4, -0.2) is 59.0 Å². The van der Waals surface area contributed by atoms with Crippen molar-refractivity contribution in [3.05, 3.63) is 82.3 Å². The molecule has 214 valence electrons. The van der Waals surface area contributed by atoms with E-state index in [1.807, 2.05) is 0 Å². The molecule has 0 spiro atoms. The molecule has 0 aliphatic rings. The Bertz CT molecular complexity index is 1450. The van der Waals surface area contributed by atoms with Crippen LogP contribution in [0.2, 0.25) is 10.0 Å². The van der Waals surface area contributed by atoms with E-state index in [0.29, 0.717) is 16.3 Å². The topological polar surface area (TPSA) is 105 Å². The molecule has 12 heteroatoms. The number of rotatable bonds is 12. The number of ether oxygens (including phenoxy) is 2. The van der Waals surface area contributed by atoms with E-state index in [9.17, 15) is 18.0 Å². The van der Waals surface area contributed by atoms with Crippen LogP contribution in [0.4, 0.5) is 5.69 Å². The lowest BCUT2D eigenvalue weighted by atomic mass is 10.1. The molecule has 0 heterocycles. The fourth-order valence-electron chi connectivity index (χ4n) is 4.15. The Morgan fingerprint density at radius 1 is 0.925 bits per heavy atom. The molecule has 1 unspecified atom stereocenters. The molecule has 1 N–H and O–H groups in total. The van der Waals surface area contributed by atoms with Gasteiger partial charge in [0.25, 0.3) is 10.0 Å². The van der Waals surface area contributed by atoms with Gasteiger partial charge in [-0.25, -0.2) is 8.42 Å². The number of carbonyl (C=O) groups is 2. The average molecular weight is 609 g/mol. The van der Waals surface area contributed by atoms with Crippen LogP contribution in [0, 0.1) is 0 Å². The molecular weight excluding hydrogens is 577 g/mol. The monoisotopic (exact) mass is 607 g/mol. The molecule has 0 aliphatic heterocycles. The van der Waals surface area contributed by atoms with Crippen LogP contribution in [0.3, 0.4) is 0 Å². The first-order chi connectivity index (χ1) is 19.1. The largest absolute Gasteiger partial charge is 0.493 e. The van der Waals surface area contributed by atoms with Crippen LogP contribution in [-0.2, 0) is 26.2 Å². The summed E-state index contributed by atoms with van der Waals surface area (Å²) in [6.07, 6.45) is 0.286. The van der Waals surface area contributed by atoms with E-state index in [0.717, 1.165) is 4.31 Å². The van der Waals surface area contributed by atoms with Gasteiger partial charge in [-0.3, -0.25) is 13.9 Å². The number of sulfonamides is 1. The van der Waals surface area contributed by atoms with E-state index in [1.165, 1.54) is 50.4 Å². The number of carbonyl (C=O) groups excluding carboxylic acids is 2. The number of hydrogen-bond acceptors (Lipinski definition) is 6. The van der Waals surface area contributed by atoms with E-state index < -0.39 is 28.5 Å². The molecule has 3 aromatic rings. The molecule has 1 atom stereocenters. The Morgan fingerprint density at radius 2 is 1.60 bits per heavy atom. The molecule has 3 aromatic carbocycles. The first kappa shape index (κ1) is 31.1. The third-order valence-corrected chi connectivity index (χ3v) is 8.76. The number of methoxy groups -OCH3 is 2. The van der Waals surface area contributed by atoms with Crippen molar-refractivity contribution in [2.24, 2.45) is 0 Å². The van der Waals surface area contributed by atoms with Gasteiger partial charge in [0.15, 0.2) is 11.5 Å². The van der Waals surface area contributed by atoms with E-state index in [-0.39, 0.29) is 40.2 Å². The Hall–Kier alpha value is -3.47. The molecule has 40 heavy (non-hydrogen) atoms. The highest BCUT2D eigenvalue weighted by molar-refractivity contribution is 7.92. The van der Waals surface area contributed by atoms with Gasteiger partial charge in [-0.1, -0.05) is 54.4 Å². The number of hydrogen-bond donors (Lipinski definition) is 1. The van der Waals surface area contributed by atoms with Gasteiger partial charge in [-0.2, -0.15) is 0 Å². The predicted octanol–water partition coefficient (Wildman–Crippen LogP) is 4.76. The first-order valence-corrected chi connectivity index (χ1v) is 14.5. The molecule has 9 nitrogen and oxygen atoms in total. The van der Waals surface area contributed by atoms with Crippen molar-refractivity contribution in [1.29, 1.82) is 0 Å². The molecule has 0 bridgehead atoms. The fraction of sp³-hybridized carbons (Fsp3) is 0.286. The third kappa shape index (κ3) is 6.99. The van der Waals surface area contributed by atoms with E-state index in [4.69, 9.17) is 32.7 Å². The lowest BCUT2D eigenvalue weighted by Crippen LogP contribution is -2.51. The molecular formula is C28H31Cl2N3O6S. The van der Waals surface area contributed by atoms with Gasteiger partial charge >= 0.3 is 0 Å². The zero-order valence-corrected chi connectivity index (χ0v) is 24.9. The van der Waals surface area contributed by atoms with Gasteiger partial charge in [0.2, 0.25) is 11.8 Å². The standard InChI is InChI=1S/C28H31Cl2N3O6S/c1-5-24(28(35)31-2)32(17-19-11-13-22(29)23(30)15-19)27(34)18-33(40(36,37)21-9-7-6-8-10-21)20-12-14-25(38-3)26(16-20)39-4/h6-16,24H,5,17-18H2,1-4H3,(H,31,35). The summed E-state index contributed by atoms with van der Waals surface area (Å²) < 4.78 is 39.4. The second-order valence-electron chi connectivity index (χ2n) is 8.67. The smallest absolute Gasteiger partial charge is 0.264 e. The number of anilines is 1. The fourth-order valence-corrected chi connectivity index (χ4v) is 5.90. The maximum atomic E-state index is 14.0. The number of nitrogens with one attached hydrogen (secondary N) is 1. The second-order valence-corrected chi connectivity index (χ2v) is 11.3. The quantitative estimate of drug-likeness (QED) is 0.318. The third-order valence-electron chi connectivity index (χ3n) is 6.23. The minimum absolute atomic E-state index is 0.00714. The minimum atomic E-state index is -4.22. The lowest BCUT2D eigenvalue weighted by molar-refractivity contribution is -0.140. The Balaban J connectivity index is 2.11. The highest BCUT2D eigenvalue weighted by Gasteiger charge is 2.33. The summed E-state index contributed by atoms with van der Waals surface area (Å²) in [6, 6.07) is 16.3. The summed E-state index contributed by atoms with van der Waals surface area (Å²) in [5.74, 6) is -0.318. The molecule has 0 fully saturated rings. The lowest BCUT2D eigenvalue weighted by Gasteiger charge is -2.33. The average Bonchev–Trinajstić information content (AvgIpc) is 2.97. The van der Waals surface area contributed by atoms with E-state index in [2.05, 4.69) is 5.32 Å². The number of benzene rings is 3. The zero-order valence-electron chi connectivity index (χ0n) is 22.6. The van der Waals surface area contributed by atoms with Crippen molar-refractivity contribution in [2.75, 3.05) is 32.1 Å². The van der Waals surface area contributed by atoms with Gasteiger partial charge < -0.3 is 19.7 Å². The normalized spacial score (nSPS) is 11.8. The van der Waals surface area contributed by atoms with Crippen LogP contribution in [0.1, 0.15) is 18.9 Å². The van der Waals surface area contributed by atoms with Crippen molar-refractivity contribution in [3.63, 3.8) is 0 Å². The van der Waals surface area contributed by atoms with Crippen LogP contribution >= 0.6 is 23.2 Å². The van der Waals surface area contributed by atoms with Gasteiger partial charge in [0.05, 0.1) is 34.8 Å². The molecule has 2 amide bonds. The van der Waals surface area contributed by atoms with Crippen molar-refractivity contribution < 1.29 is 27.5 Å². The van der Waals surface area contributed by atoms with E-state index >= 15 is 0 Å².